The maximum Gasteiger partial charge on any atom is 0.316 e. The largest absolute Gasteiger partial charge is 0.462 e. The van der Waals surface area contributed by atoms with Crippen LogP contribution in [0.25, 0.3) is 0 Å². The third kappa shape index (κ3) is 2.89. The number of hydrogen-bond donors (Lipinski definition) is 2. The number of carbonyl (C=O) groups excluding carboxylic acids is 1. The molecular weight excluding hydrogens is 282 g/mol. The van der Waals surface area contributed by atoms with Crippen molar-refractivity contribution >= 4 is 5.97 Å². The Morgan fingerprint density at radius 1 is 1.32 bits per heavy atom. The van der Waals surface area contributed by atoms with Crippen LogP contribution in [0.5, 0.6) is 0 Å². The molecule has 2 aliphatic heterocycles. The van der Waals surface area contributed by atoms with Crippen LogP contribution in [0.2, 0.25) is 0 Å². The smallest absolute Gasteiger partial charge is 0.316 e. The van der Waals surface area contributed by atoms with Crippen LogP contribution in [0, 0.1) is 0 Å². The summed E-state index contributed by atoms with van der Waals surface area (Å²) in [5.74, 6) is -1.01. The second-order valence-corrected chi connectivity index (χ2v) is 6.37. The predicted octanol–water partition coefficient (Wildman–Crippen LogP) is 0.902. The summed E-state index contributed by atoms with van der Waals surface area (Å²) in [6, 6.07) is 9.56. The van der Waals surface area contributed by atoms with Crippen LogP contribution in [0.15, 0.2) is 30.3 Å². The zero-order valence-corrected chi connectivity index (χ0v) is 12.8. The van der Waals surface area contributed by atoms with Gasteiger partial charge in [-0.15, -0.1) is 0 Å². The van der Waals surface area contributed by atoms with Crippen LogP contribution in [-0.4, -0.2) is 59.0 Å². The van der Waals surface area contributed by atoms with Crippen LogP contribution in [0.3, 0.4) is 0 Å². The highest BCUT2D eigenvalue weighted by Gasteiger charge is 2.45. The number of fused-ring (bicyclic) bond motifs is 2. The molecule has 2 aliphatic rings. The molecule has 0 radical (unpaired) electrons. The molecule has 0 aromatic heterocycles. The Labute approximate surface area is 130 Å². The molecule has 120 valence electrons. The van der Waals surface area contributed by atoms with Crippen molar-refractivity contribution in [1.29, 1.82) is 0 Å². The molecular formula is C17H23NO4. The normalized spacial score (nSPS) is 32.7. The summed E-state index contributed by atoms with van der Waals surface area (Å²) < 4.78 is 5.64. The number of benzene rings is 1. The molecule has 5 nitrogen and oxygen atoms in total. The summed E-state index contributed by atoms with van der Waals surface area (Å²) >= 11 is 0. The molecule has 5 heteroatoms. The third-order valence-corrected chi connectivity index (χ3v) is 5.05. The monoisotopic (exact) mass is 305 g/mol. The Morgan fingerprint density at radius 3 is 2.68 bits per heavy atom. The van der Waals surface area contributed by atoms with Crippen molar-refractivity contribution in [2.24, 2.45) is 0 Å². The summed E-state index contributed by atoms with van der Waals surface area (Å²) in [6.45, 7) is -0.259. The van der Waals surface area contributed by atoms with Crippen molar-refractivity contribution in [3.63, 3.8) is 0 Å². The van der Waals surface area contributed by atoms with Crippen molar-refractivity contribution in [3.8, 4) is 0 Å². The van der Waals surface area contributed by atoms with Gasteiger partial charge in [0.2, 0.25) is 0 Å². The Hall–Kier alpha value is -1.43. The lowest BCUT2D eigenvalue weighted by Gasteiger charge is -2.36. The highest BCUT2D eigenvalue weighted by molar-refractivity contribution is 5.78. The fourth-order valence-corrected chi connectivity index (χ4v) is 3.74. The molecule has 3 rings (SSSR count). The van der Waals surface area contributed by atoms with E-state index >= 15 is 0 Å². The minimum Gasteiger partial charge on any atom is -0.462 e. The lowest BCUT2D eigenvalue weighted by molar-refractivity contribution is -0.155. The first-order chi connectivity index (χ1) is 10.6. The van der Waals surface area contributed by atoms with Gasteiger partial charge >= 0.3 is 5.97 Å². The van der Waals surface area contributed by atoms with Gasteiger partial charge in [-0.1, -0.05) is 30.3 Å². The SMILES string of the molecule is CN1[C@H]2C[C@H](OC(=O)C(CO)c3ccccc3)C[C@@H]1[C@@H](O)C2. The van der Waals surface area contributed by atoms with E-state index in [0.29, 0.717) is 6.42 Å². The van der Waals surface area contributed by atoms with Gasteiger partial charge in [0.15, 0.2) is 0 Å². The summed E-state index contributed by atoms with van der Waals surface area (Å²) in [4.78, 5) is 14.6. The van der Waals surface area contributed by atoms with Gasteiger partial charge in [-0.3, -0.25) is 9.69 Å². The maximum absolute atomic E-state index is 12.4. The van der Waals surface area contributed by atoms with Crippen molar-refractivity contribution in [2.75, 3.05) is 13.7 Å². The molecule has 2 saturated heterocycles. The van der Waals surface area contributed by atoms with E-state index < -0.39 is 5.92 Å². The van der Waals surface area contributed by atoms with E-state index in [9.17, 15) is 15.0 Å². The molecule has 0 amide bonds. The van der Waals surface area contributed by atoms with Crippen LogP contribution in [0.4, 0.5) is 0 Å². The number of nitrogens with zero attached hydrogens (tertiary/aromatic N) is 1. The second-order valence-electron chi connectivity index (χ2n) is 6.37. The number of hydrogen-bond acceptors (Lipinski definition) is 5. The number of rotatable bonds is 4. The first-order valence-electron chi connectivity index (χ1n) is 7.86. The molecule has 1 aromatic rings. The van der Waals surface area contributed by atoms with E-state index in [0.717, 1.165) is 18.4 Å². The average Bonchev–Trinajstić information content (AvgIpc) is 2.68. The van der Waals surface area contributed by atoms with Crippen LogP contribution in [0.1, 0.15) is 30.7 Å². The third-order valence-electron chi connectivity index (χ3n) is 5.05. The van der Waals surface area contributed by atoms with Gasteiger partial charge in [0.25, 0.3) is 0 Å². The first kappa shape index (κ1) is 15.5. The van der Waals surface area contributed by atoms with Gasteiger partial charge < -0.3 is 14.9 Å². The van der Waals surface area contributed by atoms with Gasteiger partial charge in [-0.25, -0.2) is 0 Å². The lowest BCUT2D eigenvalue weighted by atomic mass is 9.98. The van der Waals surface area contributed by atoms with Crippen molar-refractivity contribution < 1.29 is 19.7 Å². The Bertz CT molecular complexity index is 521. The number of aliphatic hydroxyl groups excluding tert-OH is 2. The van der Waals surface area contributed by atoms with Crippen molar-refractivity contribution in [3.05, 3.63) is 35.9 Å². The lowest BCUT2D eigenvalue weighted by Crippen LogP contribution is -2.45. The highest BCUT2D eigenvalue weighted by atomic mass is 16.5. The molecule has 5 atom stereocenters. The molecule has 22 heavy (non-hydrogen) atoms. The first-order valence-corrected chi connectivity index (χ1v) is 7.86. The number of carbonyl (C=O) groups is 1. The van der Waals surface area contributed by atoms with Gasteiger partial charge in [-0.2, -0.15) is 0 Å². The molecule has 2 heterocycles. The van der Waals surface area contributed by atoms with Crippen LogP contribution < -0.4 is 0 Å². The van der Waals surface area contributed by atoms with E-state index in [1.54, 1.807) is 0 Å². The summed E-state index contributed by atoms with van der Waals surface area (Å²) in [6.07, 6.45) is 1.66. The van der Waals surface area contributed by atoms with Crippen molar-refractivity contribution in [2.45, 2.75) is 49.5 Å². The molecule has 0 spiro atoms. The number of likely N-dealkylation sites (N-methyl/N-ethyl adjacent to an activating group) is 1. The van der Waals surface area contributed by atoms with E-state index in [1.165, 1.54) is 0 Å². The fraction of sp³-hybridized carbons (Fsp3) is 0.588. The molecule has 2 bridgehead atoms. The molecule has 2 fully saturated rings. The Kier molecular flexibility index (Phi) is 4.47. The summed E-state index contributed by atoms with van der Waals surface area (Å²) in [7, 11) is 2.02. The van der Waals surface area contributed by atoms with E-state index in [-0.39, 0.29) is 36.9 Å². The topological polar surface area (TPSA) is 70.0 Å². The number of piperidine rings is 1. The molecule has 1 unspecified atom stereocenters. The van der Waals surface area contributed by atoms with Gasteiger partial charge in [0.05, 0.1) is 12.7 Å². The second kappa shape index (κ2) is 6.36. The highest BCUT2D eigenvalue weighted by Crippen LogP contribution is 2.36. The number of aliphatic hydroxyl groups is 2. The minimum atomic E-state index is -0.636. The van der Waals surface area contributed by atoms with E-state index in [1.807, 2.05) is 37.4 Å². The van der Waals surface area contributed by atoms with Crippen molar-refractivity contribution in [1.82, 2.24) is 4.90 Å². The zero-order chi connectivity index (χ0) is 15.7. The average molecular weight is 305 g/mol. The summed E-state index contributed by atoms with van der Waals surface area (Å²) in [5, 5.41) is 19.6. The van der Waals surface area contributed by atoms with Gasteiger partial charge in [0, 0.05) is 24.9 Å². The minimum absolute atomic E-state index is 0.0702. The Morgan fingerprint density at radius 2 is 2.05 bits per heavy atom. The van der Waals surface area contributed by atoms with Crippen LogP contribution in [-0.2, 0) is 9.53 Å². The predicted molar refractivity (Wildman–Crippen MR) is 81.3 cm³/mol. The number of ether oxygens (including phenoxy) is 1. The quantitative estimate of drug-likeness (QED) is 0.809. The molecule has 0 aliphatic carbocycles. The fourth-order valence-electron chi connectivity index (χ4n) is 3.74. The molecule has 0 saturated carbocycles. The standard InChI is InChI=1S/C17H23NO4/c1-18-12-7-13(9-15(18)16(20)8-12)22-17(21)14(10-19)11-5-3-2-4-6-11/h2-6,12-16,19-20H,7-10H2,1H3/t12-,13-,14?,15+,16-/m0/s1. The molecule has 2 N–H and O–H groups in total. The maximum atomic E-state index is 12.4. The Balaban J connectivity index is 1.65. The summed E-state index contributed by atoms with van der Waals surface area (Å²) in [5.41, 5.74) is 0.769. The van der Waals surface area contributed by atoms with E-state index in [4.69, 9.17) is 4.74 Å². The zero-order valence-electron chi connectivity index (χ0n) is 12.8. The van der Waals surface area contributed by atoms with E-state index in [2.05, 4.69) is 4.90 Å². The van der Waals surface area contributed by atoms with Crippen LogP contribution >= 0.6 is 0 Å². The molecule has 1 aromatic carbocycles. The van der Waals surface area contributed by atoms with Gasteiger partial charge in [0.1, 0.15) is 12.0 Å². The van der Waals surface area contributed by atoms with Gasteiger partial charge in [-0.05, 0) is 19.0 Å². The number of esters is 1.